The van der Waals surface area contributed by atoms with Gasteiger partial charge in [0.1, 0.15) is 24.4 Å². The number of hydrogen-bond acceptors (Lipinski definition) is 16. The van der Waals surface area contributed by atoms with E-state index >= 15 is 0 Å². The lowest BCUT2D eigenvalue weighted by Crippen LogP contribution is -2.64. The zero-order valence-electron chi connectivity index (χ0n) is 41.5. The molecule has 0 amide bonds. The summed E-state index contributed by atoms with van der Waals surface area (Å²) in [6.45, 7) is 1.48. The summed E-state index contributed by atoms with van der Waals surface area (Å²) in [4.78, 5) is 55.6. The van der Waals surface area contributed by atoms with Crippen molar-refractivity contribution in [3.63, 3.8) is 0 Å². The highest BCUT2D eigenvalue weighted by atomic mass is 16.8. The van der Waals surface area contributed by atoms with E-state index in [0.717, 1.165) is 16.7 Å². The molecule has 0 aliphatic carbocycles. The lowest BCUT2D eigenvalue weighted by atomic mass is 9.96. The molecule has 75 heavy (non-hydrogen) atoms. The van der Waals surface area contributed by atoms with Gasteiger partial charge < -0.3 is 57.8 Å². The summed E-state index contributed by atoms with van der Waals surface area (Å²) >= 11 is 0. The smallest absolute Gasteiger partial charge is 0.338 e. The van der Waals surface area contributed by atoms with E-state index in [9.17, 15) is 19.2 Å². The van der Waals surface area contributed by atoms with Crippen LogP contribution in [0.25, 0.3) is 0 Å². The van der Waals surface area contributed by atoms with Gasteiger partial charge in [0.25, 0.3) is 0 Å². The van der Waals surface area contributed by atoms with Crippen LogP contribution in [0.2, 0.25) is 0 Å². The average Bonchev–Trinajstić information content (AvgIpc) is 3.45. The number of esters is 4. The van der Waals surface area contributed by atoms with Gasteiger partial charge >= 0.3 is 23.9 Å². The molecule has 16 nitrogen and oxygen atoms in total. The van der Waals surface area contributed by atoms with Gasteiger partial charge in [-0.25, -0.2) is 14.4 Å². The third kappa shape index (κ3) is 15.5. The molecule has 0 saturated carbocycles. The quantitative estimate of drug-likeness (QED) is 0.0350. The molecule has 2 aliphatic rings. The Balaban J connectivity index is 1.17. The normalized spacial score (nSPS) is 23.3. The standard InChI is InChI=1S/C59H61NO15/c1-40(61)70-53-51(68-37-43-25-12-4-13-26-43)49(67-36-42-23-10-3-11-24-42)47(38-65-35-41-21-8-2-9-22-41)71-59(53)69-39-48-50(73-55(62)44-27-14-5-15-28-44)52(74-56(63)45-29-16-6-17-30-45)54(58(72-48)66-34-20-33-60)75-57(64)46-31-18-7-19-32-46/h2-19,21-32,47-54,58-59H,20,33-39,60H2,1H3. The lowest BCUT2D eigenvalue weighted by Gasteiger charge is -2.47. The summed E-state index contributed by atoms with van der Waals surface area (Å²) in [7, 11) is 0. The second kappa shape index (κ2) is 28.0. The number of benzene rings is 6. The van der Waals surface area contributed by atoms with Crippen LogP contribution in [-0.4, -0.2) is 112 Å². The van der Waals surface area contributed by atoms with E-state index in [4.69, 9.17) is 57.8 Å². The van der Waals surface area contributed by atoms with Crippen molar-refractivity contribution in [1.82, 2.24) is 0 Å². The highest BCUT2D eigenvalue weighted by Gasteiger charge is 2.55. The van der Waals surface area contributed by atoms with Crippen molar-refractivity contribution in [3.05, 3.63) is 215 Å². The highest BCUT2D eigenvalue weighted by Crippen LogP contribution is 2.35. The minimum absolute atomic E-state index is 0.0214. The van der Waals surface area contributed by atoms with Gasteiger partial charge in [-0.15, -0.1) is 0 Å². The molecule has 392 valence electrons. The van der Waals surface area contributed by atoms with Crippen molar-refractivity contribution in [1.29, 1.82) is 0 Å². The summed E-state index contributed by atoms with van der Waals surface area (Å²) < 4.78 is 71.0. The number of hydrogen-bond donors (Lipinski definition) is 1. The van der Waals surface area contributed by atoms with Crippen LogP contribution < -0.4 is 5.73 Å². The second-order valence-electron chi connectivity index (χ2n) is 17.7. The van der Waals surface area contributed by atoms with Gasteiger partial charge in [-0.2, -0.15) is 0 Å². The molecular formula is C59H61NO15. The number of rotatable bonds is 24. The molecule has 0 bridgehead atoms. The van der Waals surface area contributed by atoms with Crippen LogP contribution in [0.1, 0.15) is 61.1 Å². The molecule has 0 radical (unpaired) electrons. The van der Waals surface area contributed by atoms with Crippen molar-refractivity contribution in [2.75, 3.05) is 26.4 Å². The van der Waals surface area contributed by atoms with Crippen LogP contribution >= 0.6 is 0 Å². The van der Waals surface area contributed by atoms with E-state index in [1.807, 2.05) is 91.0 Å². The van der Waals surface area contributed by atoms with Crippen molar-refractivity contribution in [2.45, 2.75) is 94.6 Å². The Labute approximate surface area is 435 Å². The Bertz CT molecular complexity index is 2670. The number of nitrogens with two attached hydrogens (primary N) is 1. The predicted molar refractivity (Wildman–Crippen MR) is 272 cm³/mol. The van der Waals surface area contributed by atoms with Crippen molar-refractivity contribution in [2.24, 2.45) is 5.73 Å². The summed E-state index contributed by atoms with van der Waals surface area (Å²) in [5, 5.41) is 0. The third-order valence-corrected chi connectivity index (χ3v) is 12.3. The molecule has 6 aromatic carbocycles. The van der Waals surface area contributed by atoms with Gasteiger partial charge in [0.05, 0.1) is 56.3 Å². The molecule has 10 atom stereocenters. The molecule has 16 heteroatoms. The van der Waals surface area contributed by atoms with Crippen LogP contribution in [0.3, 0.4) is 0 Å². The van der Waals surface area contributed by atoms with E-state index in [0.29, 0.717) is 6.42 Å². The van der Waals surface area contributed by atoms with Crippen molar-refractivity contribution >= 4 is 23.9 Å². The zero-order chi connectivity index (χ0) is 52.2. The second-order valence-corrected chi connectivity index (χ2v) is 17.7. The maximum Gasteiger partial charge on any atom is 0.338 e. The minimum Gasteiger partial charge on any atom is -0.454 e. The number of carbonyl (C=O) groups excluding carboxylic acids is 4. The van der Waals surface area contributed by atoms with E-state index in [2.05, 4.69) is 0 Å². The summed E-state index contributed by atoms with van der Waals surface area (Å²) in [6.07, 6.45) is -12.6. The molecule has 10 unspecified atom stereocenters. The van der Waals surface area contributed by atoms with Crippen LogP contribution in [0.4, 0.5) is 0 Å². The molecular weight excluding hydrogens is 963 g/mol. The predicted octanol–water partition coefficient (Wildman–Crippen LogP) is 7.81. The maximum atomic E-state index is 14.2. The van der Waals surface area contributed by atoms with E-state index < -0.39 is 91.9 Å². The molecule has 2 aliphatic heterocycles. The molecule has 2 N–H and O–H groups in total. The first-order chi connectivity index (χ1) is 36.7. The van der Waals surface area contributed by atoms with Gasteiger partial charge in [-0.3, -0.25) is 4.79 Å². The van der Waals surface area contributed by atoms with Gasteiger partial charge in [0.2, 0.25) is 0 Å². The molecule has 0 spiro atoms. The van der Waals surface area contributed by atoms with Crippen LogP contribution in [0.5, 0.6) is 0 Å². The van der Waals surface area contributed by atoms with E-state index in [-0.39, 0.29) is 56.3 Å². The van der Waals surface area contributed by atoms with Crippen LogP contribution in [0.15, 0.2) is 182 Å². The topological polar surface area (TPSA) is 196 Å². The lowest BCUT2D eigenvalue weighted by molar-refractivity contribution is -0.339. The maximum absolute atomic E-state index is 14.2. The number of ether oxygens (including phenoxy) is 11. The molecule has 2 saturated heterocycles. The van der Waals surface area contributed by atoms with Gasteiger partial charge in [0.15, 0.2) is 37.0 Å². The molecule has 2 fully saturated rings. The molecule has 6 aromatic rings. The fraction of sp³-hybridized carbons (Fsp3) is 0.322. The SMILES string of the molecule is CC(=O)OC1C(OCC2OC(OCCCN)C(OC(=O)c3ccccc3)C(OC(=O)c3ccccc3)C2OC(=O)c2ccccc2)OC(COCc2ccccc2)C(OCc2ccccc2)C1OCc1ccccc1. The summed E-state index contributed by atoms with van der Waals surface area (Å²) in [5.74, 6) is -3.11. The van der Waals surface area contributed by atoms with Crippen molar-refractivity contribution < 1.29 is 71.3 Å². The van der Waals surface area contributed by atoms with E-state index in [1.54, 1.807) is 91.0 Å². The fourth-order valence-corrected chi connectivity index (χ4v) is 8.57. The Morgan fingerprint density at radius 1 is 0.413 bits per heavy atom. The third-order valence-electron chi connectivity index (χ3n) is 12.3. The first-order valence-corrected chi connectivity index (χ1v) is 24.9. The molecule has 8 rings (SSSR count). The minimum atomic E-state index is -1.59. The number of carbonyl (C=O) groups is 4. The van der Waals surface area contributed by atoms with Crippen molar-refractivity contribution in [3.8, 4) is 0 Å². The Kier molecular flexibility index (Phi) is 20.2. The highest BCUT2D eigenvalue weighted by molar-refractivity contribution is 5.91. The van der Waals surface area contributed by atoms with E-state index in [1.165, 1.54) is 6.92 Å². The van der Waals surface area contributed by atoms with Gasteiger partial charge in [-0.1, -0.05) is 146 Å². The largest absolute Gasteiger partial charge is 0.454 e. The molecule has 0 aromatic heterocycles. The fourth-order valence-electron chi connectivity index (χ4n) is 8.57. The van der Waals surface area contributed by atoms with Gasteiger partial charge in [-0.05, 0) is 66.1 Å². The zero-order valence-corrected chi connectivity index (χ0v) is 41.5. The Morgan fingerprint density at radius 2 is 0.800 bits per heavy atom. The Hall–Kier alpha value is -7.12. The first-order valence-electron chi connectivity index (χ1n) is 24.9. The molecule has 2 heterocycles. The summed E-state index contributed by atoms with van der Waals surface area (Å²) in [6, 6.07) is 53.2. The monoisotopic (exact) mass is 1020 g/mol. The Morgan fingerprint density at radius 3 is 1.27 bits per heavy atom. The van der Waals surface area contributed by atoms with Crippen LogP contribution in [-0.2, 0) is 76.7 Å². The summed E-state index contributed by atoms with van der Waals surface area (Å²) in [5.41, 5.74) is 9.01. The average molecular weight is 1020 g/mol. The van der Waals surface area contributed by atoms with Crippen LogP contribution in [0, 0.1) is 0 Å². The first kappa shape index (κ1) is 54.2. The van der Waals surface area contributed by atoms with Gasteiger partial charge in [0, 0.05) is 6.92 Å².